The summed E-state index contributed by atoms with van der Waals surface area (Å²) in [6.07, 6.45) is 2.12. The molecule has 1 heterocycles. The Bertz CT molecular complexity index is 745. The average molecular weight is 308 g/mol. The quantitative estimate of drug-likeness (QED) is 0.791. The van der Waals surface area contributed by atoms with E-state index < -0.39 is 0 Å². The second-order valence-corrected chi connectivity index (χ2v) is 6.63. The van der Waals surface area contributed by atoms with Crippen molar-refractivity contribution in [2.75, 3.05) is 0 Å². The summed E-state index contributed by atoms with van der Waals surface area (Å²) in [5, 5.41) is 10.3. The maximum Gasteiger partial charge on any atom is 0.127 e. The van der Waals surface area contributed by atoms with Gasteiger partial charge in [-0.25, -0.2) is 5.43 Å². The molecule has 0 fully saturated rings. The lowest BCUT2D eigenvalue weighted by Gasteiger charge is -2.12. The van der Waals surface area contributed by atoms with E-state index in [0.717, 1.165) is 22.4 Å². The van der Waals surface area contributed by atoms with Crippen molar-refractivity contribution in [3.8, 4) is 5.75 Å². The Balaban J connectivity index is 1.89. The molecule has 120 valence electrons. The number of aromatic hydroxyl groups is 1. The Morgan fingerprint density at radius 1 is 1.04 bits per heavy atom. The molecule has 0 aromatic heterocycles. The highest BCUT2D eigenvalue weighted by atomic mass is 16.3. The number of hydrazine groups is 1. The molecule has 1 aliphatic rings. The third kappa shape index (κ3) is 3.10. The lowest BCUT2D eigenvalue weighted by Crippen LogP contribution is -2.26. The molecule has 1 aliphatic heterocycles. The summed E-state index contributed by atoms with van der Waals surface area (Å²) in [7, 11) is 0. The first-order valence-electron chi connectivity index (χ1n) is 8.09. The molecule has 0 aliphatic carbocycles. The Kier molecular flexibility index (Phi) is 4.14. The van der Waals surface area contributed by atoms with Crippen LogP contribution >= 0.6 is 0 Å². The molecule has 0 saturated heterocycles. The van der Waals surface area contributed by atoms with E-state index in [1.807, 2.05) is 26.0 Å². The Morgan fingerprint density at radius 3 is 2.39 bits per heavy atom. The van der Waals surface area contributed by atoms with Crippen LogP contribution in [-0.2, 0) is 0 Å². The van der Waals surface area contributed by atoms with Crippen molar-refractivity contribution >= 4 is 5.70 Å². The second-order valence-electron chi connectivity index (χ2n) is 6.63. The van der Waals surface area contributed by atoms with Crippen molar-refractivity contribution in [3.05, 3.63) is 70.3 Å². The van der Waals surface area contributed by atoms with Crippen molar-refractivity contribution in [2.24, 2.45) is 0 Å². The molecule has 3 N–H and O–H groups in total. The number of aryl methyl sites for hydroxylation is 2. The van der Waals surface area contributed by atoms with Gasteiger partial charge in [-0.15, -0.1) is 0 Å². The Morgan fingerprint density at radius 2 is 1.74 bits per heavy atom. The monoisotopic (exact) mass is 308 g/mol. The van der Waals surface area contributed by atoms with E-state index in [9.17, 15) is 5.11 Å². The summed E-state index contributed by atoms with van der Waals surface area (Å²) in [5.74, 6) is 0.879. The molecule has 3 heteroatoms. The molecule has 2 aromatic rings. The van der Waals surface area contributed by atoms with E-state index in [0.29, 0.717) is 11.7 Å². The van der Waals surface area contributed by atoms with Gasteiger partial charge in [-0.05, 0) is 54.2 Å². The van der Waals surface area contributed by atoms with E-state index in [1.165, 1.54) is 11.1 Å². The van der Waals surface area contributed by atoms with Crippen LogP contribution in [0.5, 0.6) is 5.75 Å². The predicted molar refractivity (Wildman–Crippen MR) is 95.1 cm³/mol. The molecule has 0 saturated carbocycles. The summed E-state index contributed by atoms with van der Waals surface area (Å²) < 4.78 is 0. The SMILES string of the molecule is Cc1cc(C)c(O)c(C2=C[C@@H](c3ccc(C(C)C)cc3)NN2)c1. The van der Waals surface area contributed by atoms with Gasteiger partial charge in [0.15, 0.2) is 0 Å². The highest BCUT2D eigenvalue weighted by Gasteiger charge is 2.20. The van der Waals surface area contributed by atoms with E-state index in [2.05, 4.69) is 55.0 Å². The zero-order valence-electron chi connectivity index (χ0n) is 14.1. The number of hydrogen-bond donors (Lipinski definition) is 3. The summed E-state index contributed by atoms with van der Waals surface area (Å²) in [6.45, 7) is 8.37. The standard InChI is InChI=1S/C20H24N2O/c1-12(2)15-5-7-16(8-6-15)18-11-19(22-21-18)17-10-13(3)9-14(4)20(17)23/h5-12,18,21-23H,1-4H3/t18-/m0/s1. The molecule has 1 atom stereocenters. The zero-order chi connectivity index (χ0) is 16.6. The van der Waals surface area contributed by atoms with Gasteiger partial charge in [0.05, 0.1) is 11.7 Å². The van der Waals surface area contributed by atoms with E-state index in [1.54, 1.807) is 0 Å². The number of phenols is 1. The van der Waals surface area contributed by atoms with Gasteiger partial charge in [-0.2, -0.15) is 0 Å². The van der Waals surface area contributed by atoms with Crippen molar-refractivity contribution in [1.82, 2.24) is 10.9 Å². The number of nitrogens with one attached hydrogen (secondary N) is 2. The molecular weight excluding hydrogens is 284 g/mol. The largest absolute Gasteiger partial charge is 0.507 e. The number of phenolic OH excluding ortho intramolecular Hbond substituents is 1. The molecule has 23 heavy (non-hydrogen) atoms. The molecule has 3 nitrogen and oxygen atoms in total. The summed E-state index contributed by atoms with van der Waals surface area (Å²) in [5.41, 5.74) is 12.8. The molecule has 2 aromatic carbocycles. The first kappa shape index (κ1) is 15.6. The molecule has 0 spiro atoms. The van der Waals surface area contributed by atoms with Crippen LogP contribution in [0.1, 0.15) is 53.6 Å². The second kappa shape index (κ2) is 6.09. The summed E-state index contributed by atoms with van der Waals surface area (Å²) in [6, 6.07) is 12.8. The topological polar surface area (TPSA) is 44.3 Å². The van der Waals surface area contributed by atoms with Crippen LogP contribution in [0.25, 0.3) is 5.70 Å². The Labute approximate surface area is 138 Å². The van der Waals surface area contributed by atoms with Crippen LogP contribution in [0.15, 0.2) is 42.5 Å². The lowest BCUT2D eigenvalue weighted by molar-refractivity contribution is 0.468. The smallest absolute Gasteiger partial charge is 0.127 e. The van der Waals surface area contributed by atoms with E-state index >= 15 is 0 Å². The van der Waals surface area contributed by atoms with Gasteiger partial charge in [-0.1, -0.05) is 44.2 Å². The van der Waals surface area contributed by atoms with Gasteiger partial charge >= 0.3 is 0 Å². The normalized spacial score (nSPS) is 17.3. The number of rotatable bonds is 3. The molecule has 3 rings (SSSR count). The first-order valence-corrected chi connectivity index (χ1v) is 8.09. The van der Waals surface area contributed by atoms with Gasteiger partial charge in [0.2, 0.25) is 0 Å². The van der Waals surface area contributed by atoms with Crippen LogP contribution < -0.4 is 10.9 Å². The van der Waals surface area contributed by atoms with Crippen molar-refractivity contribution in [3.63, 3.8) is 0 Å². The summed E-state index contributed by atoms with van der Waals surface area (Å²) in [4.78, 5) is 0. The Hall–Kier alpha value is -2.26. The minimum atomic E-state index is 0.103. The minimum absolute atomic E-state index is 0.103. The van der Waals surface area contributed by atoms with E-state index in [4.69, 9.17) is 0 Å². The summed E-state index contributed by atoms with van der Waals surface area (Å²) >= 11 is 0. The number of benzene rings is 2. The molecule has 0 amide bonds. The van der Waals surface area contributed by atoms with Crippen molar-refractivity contribution < 1.29 is 5.11 Å². The van der Waals surface area contributed by atoms with Gasteiger partial charge in [0.25, 0.3) is 0 Å². The highest BCUT2D eigenvalue weighted by molar-refractivity contribution is 5.72. The molecular formula is C20H24N2O. The van der Waals surface area contributed by atoms with Crippen LogP contribution in [-0.4, -0.2) is 5.11 Å². The van der Waals surface area contributed by atoms with Crippen LogP contribution in [0.2, 0.25) is 0 Å². The fourth-order valence-corrected chi connectivity index (χ4v) is 3.00. The lowest BCUT2D eigenvalue weighted by atomic mass is 9.98. The van der Waals surface area contributed by atoms with Crippen LogP contribution in [0.3, 0.4) is 0 Å². The van der Waals surface area contributed by atoms with Gasteiger partial charge in [-0.3, -0.25) is 0 Å². The third-order valence-corrected chi connectivity index (χ3v) is 4.39. The number of hydrogen-bond acceptors (Lipinski definition) is 3. The maximum absolute atomic E-state index is 10.3. The molecule has 0 radical (unpaired) electrons. The van der Waals surface area contributed by atoms with Crippen molar-refractivity contribution in [2.45, 2.75) is 39.7 Å². The predicted octanol–water partition coefficient (Wildman–Crippen LogP) is 4.32. The van der Waals surface area contributed by atoms with Gasteiger partial charge in [0.1, 0.15) is 5.75 Å². The highest BCUT2D eigenvalue weighted by Crippen LogP contribution is 2.32. The van der Waals surface area contributed by atoms with Gasteiger partial charge < -0.3 is 10.5 Å². The maximum atomic E-state index is 10.3. The fraction of sp³-hybridized carbons (Fsp3) is 0.300. The average Bonchev–Trinajstić information content (AvgIpc) is 3.00. The minimum Gasteiger partial charge on any atom is -0.507 e. The van der Waals surface area contributed by atoms with Crippen LogP contribution in [0, 0.1) is 13.8 Å². The molecule has 0 bridgehead atoms. The fourth-order valence-electron chi connectivity index (χ4n) is 3.00. The van der Waals surface area contributed by atoms with Crippen molar-refractivity contribution in [1.29, 1.82) is 0 Å². The van der Waals surface area contributed by atoms with Crippen LogP contribution in [0.4, 0.5) is 0 Å². The van der Waals surface area contributed by atoms with E-state index in [-0.39, 0.29) is 6.04 Å². The first-order chi connectivity index (χ1) is 11.0. The van der Waals surface area contributed by atoms with Gasteiger partial charge in [0, 0.05) is 5.56 Å². The zero-order valence-corrected chi connectivity index (χ0v) is 14.1. The molecule has 0 unspecified atom stereocenters. The third-order valence-electron chi connectivity index (χ3n) is 4.39.